The number of imide groups is 1. The third-order valence-corrected chi connectivity index (χ3v) is 7.57. The monoisotopic (exact) mass is 514 g/mol. The highest BCUT2D eigenvalue weighted by Gasteiger charge is 2.65. The molecular weight excluding hydrogens is 496 g/mol. The Morgan fingerprint density at radius 3 is 2.41 bits per heavy atom. The second-order valence-corrected chi connectivity index (χ2v) is 9.74. The topological polar surface area (TPSA) is 113 Å². The van der Waals surface area contributed by atoms with Crippen LogP contribution in [0.2, 0.25) is 5.02 Å². The van der Waals surface area contributed by atoms with Crippen molar-refractivity contribution < 1.29 is 19.3 Å². The number of nitrogens with zero attached hydrogens (tertiary/aromatic N) is 4. The number of nitro groups is 1. The lowest BCUT2D eigenvalue weighted by atomic mass is 9.83. The van der Waals surface area contributed by atoms with E-state index in [2.05, 4.69) is 5.10 Å². The van der Waals surface area contributed by atoms with E-state index in [1.165, 1.54) is 18.2 Å². The molecule has 0 N–H and O–H groups in total. The van der Waals surface area contributed by atoms with E-state index in [-0.39, 0.29) is 17.2 Å². The van der Waals surface area contributed by atoms with Crippen LogP contribution in [0.25, 0.3) is 0 Å². The summed E-state index contributed by atoms with van der Waals surface area (Å²) in [5, 5.41) is 17.8. The highest BCUT2D eigenvalue weighted by Crippen LogP contribution is 2.53. The second kappa shape index (κ2) is 8.35. The summed E-state index contributed by atoms with van der Waals surface area (Å²) in [7, 11) is 0. The van der Waals surface area contributed by atoms with E-state index in [1.807, 2.05) is 24.3 Å². The first-order valence-corrected chi connectivity index (χ1v) is 12.0. The normalized spacial score (nSPS) is 23.6. The average molecular weight is 515 g/mol. The van der Waals surface area contributed by atoms with Gasteiger partial charge in [0.05, 0.1) is 34.7 Å². The molecule has 3 aliphatic rings. The number of amides is 2. The molecule has 0 saturated carbocycles. The Kier molecular flexibility index (Phi) is 5.20. The molecule has 4 atom stereocenters. The summed E-state index contributed by atoms with van der Waals surface area (Å²) < 4.78 is 0. The van der Waals surface area contributed by atoms with Crippen LogP contribution in [-0.4, -0.2) is 39.8 Å². The molecule has 3 aromatic carbocycles. The van der Waals surface area contributed by atoms with Crippen molar-refractivity contribution in [1.82, 2.24) is 5.01 Å². The zero-order valence-electron chi connectivity index (χ0n) is 19.4. The van der Waals surface area contributed by atoms with Gasteiger partial charge in [-0.1, -0.05) is 35.9 Å². The summed E-state index contributed by atoms with van der Waals surface area (Å²) in [6, 6.07) is 16.2. The molecule has 0 unspecified atom stereocenters. The van der Waals surface area contributed by atoms with Gasteiger partial charge < -0.3 is 0 Å². The van der Waals surface area contributed by atoms with E-state index < -0.39 is 40.7 Å². The number of carbonyl (C=O) groups is 3. The highest BCUT2D eigenvalue weighted by atomic mass is 35.5. The smallest absolute Gasteiger partial charge is 0.269 e. The Bertz CT molecular complexity index is 1540. The molecule has 184 valence electrons. The van der Waals surface area contributed by atoms with Crippen LogP contribution in [0.1, 0.15) is 33.1 Å². The lowest BCUT2D eigenvalue weighted by Crippen LogP contribution is -2.44. The number of carbonyl (C=O) groups excluding carboxylic acids is 3. The maximum absolute atomic E-state index is 13.9. The van der Waals surface area contributed by atoms with E-state index in [0.717, 1.165) is 16.0 Å². The van der Waals surface area contributed by atoms with Gasteiger partial charge in [0, 0.05) is 22.7 Å². The van der Waals surface area contributed by atoms with Crippen LogP contribution in [0.3, 0.4) is 0 Å². The number of anilines is 1. The van der Waals surface area contributed by atoms with E-state index >= 15 is 0 Å². The number of fused-ring (bicyclic) bond motifs is 5. The summed E-state index contributed by atoms with van der Waals surface area (Å²) in [4.78, 5) is 53.5. The molecular formula is C27H19ClN4O5. The fraction of sp³-hybridized carbons (Fsp3) is 0.185. The van der Waals surface area contributed by atoms with Gasteiger partial charge >= 0.3 is 0 Å². The summed E-state index contributed by atoms with van der Waals surface area (Å²) in [6.45, 7) is 1.61. The third kappa shape index (κ3) is 3.38. The number of Topliss-reactive ketones (excluding diaryl/α,β-unsaturated/α-hetero) is 1. The van der Waals surface area contributed by atoms with E-state index in [1.54, 1.807) is 42.4 Å². The van der Waals surface area contributed by atoms with Crippen molar-refractivity contribution in [2.45, 2.75) is 19.0 Å². The van der Waals surface area contributed by atoms with Crippen LogP contribution < -0.4 is 4.90 Å². The number of halogens is 1. The van der Waals surface area contributed by atoms with Crippen molar-refractivity contribution in [3.8, 4) is 0 Å². The van der Waals surface area contributed by atoms with Gasteiger partial charge in [-0.05, 0) is 53.9 Å². The molecule has 0 spiro atoms. The Hall–Kier alpha value is -4.37. The van der Waals surface area contributed by atoms with Crippen LogP contribution in [0, 0.1) is 28.9 Å². The van der Waals surface area contributed by atoms with Gasteiger partial charge in [0.25, 0.3) is 5.69 Å². The number of benzene rings is 3. The van der Waals surface area contributed by atoms with Crippen LogP contribution in [-0.2, 0) is 9.59 Å². The van der Waals surface area contributed by atoms with Gasteiger partial charge in [0.15, 0.2) is 5.78 Å². The molecule has 0 aromatic heterocycles. The van der Waals surface area contributed by atoms with Gasteiger partial charge in [0.1, 0.15) is 6.04 Å². The predicted molar refractivity (Wildman–Crippen MR) is 135 cm³/mol. The third-order valence-electron chi connectivity index (χ3n) is 7.32. The quantitative estimate of drug-likeness (QED) is 0.222. The Balaban J connectivity index is 1.49. The Morgan fingerprint density at radius 2 is 1.70 bits per heavy atom. The number of nitro benzene ring substituents is 1. The molecule has 6 rings (SSSR count). The van der Waals surface area contributed by atoms with Gasteiger partial charge in [-0.15, -0.1) is 0 Å². The average Bonchev–Trinajstić information content (AvgIpc) is 3.36. The molecule has 2 fully saturated rings. The van der Waals surface area contributed by atoms with E-state index in [9.17, 15) is 24.5 Å². The summed E-state index contributed by atoms with van der Waals surface area (Å²) in [6.07, 6.45) is 1.64. The van der Waals surface area contributed by atoms with Crippen LogP contribution in [0.4, 0.5) is 11.4 Å². The number of rotatable bonds is 4. The van der Waals surface area contributed by atoms with Gasteiger partial charge in [-0.2, -0.15) is 5.10 Å². The molecule has 0 radical (unpaired) electrons. The summed E-state index contributed by atoms with van der Waals surface area (Å²) in [5.41, 5.74) is 2.52. The Labute approximate surface area is 216 Å². The van der Waals surface area contributed by atoms with Crippen molar-refractivity contribution >= 4 is 46.8 Å². The van der Waals surface area contributed by atoms with E-state index in [4.69, 9.17) is 11.6 Å². The first-order chi connectivity index (χ1) is 17.8. The van der Waals surface area contributed by atoms with Crippen molar-refractivity contribution in [2.75, 3.05) is 4.90 Å². The van der Waals surface area contributed by atoms with Gasteiger partial charge in [-0.25, -0.2) is 4.90 Å². The highest BCUT2D eigenvalue weighted by molar-refractivity contribution is 6.30. The SMILES string of the molecule is Cc1cc([N+](=O)[O-])ccc1N1C(=O)[C@@H]2[C@@H](C1=O)[C@H]1c3ccccc3C=NN1[C@@H]2C(=O)c1ccc(Cl)cc1. The molecule has 9 nitrogen and oxygen atoms in total. The van der Waals surface area contributed by atoms with Gasteiger partial charge in [-0.3, -0.25) is 29.5 Å². The lowest BCUT2D eigenvalue weighted by molar-refractivity contribution is -0.384. The number of hydrogen-bond acceptors (Lipinski definition) is 7. The molecule has 10 heteroatoms. The van der Waals surface area contributed by atoms with Crippen molar-refractivity contribution in [3.63, 3.8) is 0 Å². The molecule has 2 saturated heterocycles. The standard InChI is InChI=1S/C27H19ClN4O5/c1-14-12-18(32(36)37)10-11-20(14)30-26(34)21-22(27(30)35)24(25(33)15-6-8-17(28)9-7-15)31-23(21)19-5-3-2-4-16(19)13-29-31/h2-13,21-24H,1H3/t21-,22-,23-,24+/m1/s1. The zero-order valence-corrected chi connectivity index (χ0v) is 20.2. The summed E-state index contributed by atoms with van der Waals surface area (Å²) >= 11 is 6.01. The molecule has 0 aliphatic carbocycles. The molecule has 37 heavy (non-hydrogen) atoms. The van der Waals surface area contributed by atoms with Gasteiger partial charge in [0.2, 0.25) is 11.8 Å². The predicted octanol–water partition coefficient (Wildman–Crippen LogP) is 4.32. The minimum absolute atomic E-state index is 0.141. The fourth-order valence-electron chi connectivity index (χ4n) is 5.69. The van der Waals surface area contributed by atoms with Crippen molar-refractivity contribution in [1.29, 1.82) is 0 Å². The number of ketones is 1. The Morgan fingerprint density at radius 1 is 1.00 bits per heavy atom. The number of hydrogen-bond donors (Lipinski definition) is 0. The zero-order chi connectivity index (χ0) is 26.0. The molecule has 3 heterocycles. The maximum atomic E-state index is 13.9. The van der Waals surface area contributed by atoms with Crippen LogP contribution >= 0.6 is 11.6 Å². The van der Waals surface area contributed by atoms with Crippen molar-refractivity contribution in [2.24, 2.45) is 16.9 Å². The fourth-order valence-corrected chi connectivity index (χ4v) is 5.82. The largest absolute Gasteiger partial charge is 0.292 e. The first-order valence-electron chi connectivity index (χ1n) is 11.6. The lowest BCUT2D eigenvalue weighted by Gasteiger charge is -2.34. The van der Waals surface area contributed by atoms with Crippen LogP contribution in [0.15, 0.2) is 71.8 Å². The minimum atomic E-state index is -1.01. The molecule has 2 amide bonds. The molecule has 3 aromatic rings. The first kappa shape index (κ1) is 23.1. The molecule has 3 aliphatic heterocycles. The second-order valence-electron chi connectivity index (χ2n) is 9.31. The number of aryl methyl sites for hydroxylation is 1. The van der Waals surface area contributed by atoms with Crippen LogP contribution in [0.5, 0.6) is 0 Å². The minimum Gasteiger partial charge on any atom is -0.292 e. The number of non-ortho nitro benzene ring substituents is 1. The van der Waals surface area contributed by atoms with E-state index in [0.29, 0.717) is 16.1 Å². The molecule has 0 bridgehead atoms. The maximum Gasteiger partial charge on any atom is 0.269 e. The number of hydrazone groups is 1. The van der Waals surface area contributed by atoms with Crippen molar-refractivity contribution in [3.05, 3.63) is 104 Å². The summed E-state index contributed by atoms with van der Waals surface area (Å²) in [5.74, 6) is -3.17.